The number of rotatable bonds is 1. The highest BCUT2D eigenvalue weighted by Crippen LogP contribution is 2.25. The third kappa shape index (κ3) is 1.57. The van der Waals surface area contributed by atoms with Crippen LogP contribution >= 0.6 is 0 Å². The molecule has 0 unspecified atom stereocenters. The van der Waals surface area contributed by atoms with E-state index in [0.717, 1.165) is 0 Å². The van der Waals surface area contributed by atoms with Gasteiger partial charge in [-0.2, -0.15) is 0 Å². The molecular formula is C11H8FNO. The standard InChI is InChI=1S/C11H8FNO/c12-11-4-3-9(14)6-10(11)8-2-1-5-13-7-8/h1-7,14H. The Balaban J connectivity index is 2.57. The molecule has 0 bridgehead atoms. The van der Waals surface area contributed by atoms with Crippen LogP contribution in [0.15, 0.2) is 42.7 Å². The van der Waals surface area contributed by atoms with Crippen LogP contribution in [-0.2, 0) is 0 Å². The van der Waals surface area contributed by atoms with Gasteiger partial charge in [0.1, 0.15) is 11.6 Å². The Labute approximate surface area is 80.7 Å². The van der Waals surface area contributed by atoms with E-state index in [9.17, 15) is 9.50 Å². The zero-order valence-corrected chi connectivity index (χ0v) is 7.31. The van der Waals surface area contributed by atoms with Crippen LogP contribution in [0, 0.1) is 5.82 Å². The number of aromatic nitrogens is 1. The van der Waals surface area contributed by atoms with Gasteiger partial charge in [-0.1, -0.05) is 6.07 Å². The van der Waals surface area contributed by atoms with E-state index in [1.54, 1.807) is 24.5 Å². The van der Waals surface area contributed by atoms with Crippen molar-refractivity contribution in [2.24, 2.45) is 0 Å². The first kappa shape index (κ1) is 8.69. The predicted octanol–water partition coefficient (Wildman–Crippen LogP) is 2.59. The third-order valence-corrected chi connectivity index (χ3v) is 1.92. The second kappa shape index (κ2) is 3.46. The first-order valence-electron chi connectivity index (χ1n) is 4.16. The van der Waals surface area contributed by atoms with Crippen LogP contribution in [0.1, 0.15) is 0 Å². The summed E-state index contributed by atoms with van der Waals surface area (Å²) in [6, 6.07) is 7.39. The van der Waals surface area contributed by atoms with Gasteiger partial charge in [0.2, 0.25) is 0 Å². The summed E-state index contributed by atoms with van der Waals surface area (Å²) in [5.74, 6) is -0.318. The summed E-state index contributed by atoms with van der Waals surface area (Å²) >= 11 is 0. The number of phenolic OH excluding ortho intramolecular Hbond substituents is 1. The van der Waals surface area contributed by atoms with E-state index in [0.29, 0.717) is 11.1 Å². The van der Waals surface area contributed by atoms with Gasteiger partial charge in [-0.25, -0.2) is 4.39 Å². The summed E-state index contributed by atoms with van der Waals surface area (Å²) in [6.07, 6.45) is 3.17. The molecule has 0 aliphatic rings. The first-order chi connectivity index (χ1) is 6.77. The topological polar surface area (TPSA) is 33.1 Å². The Kier molecular flexibility index (Phi) is 2.14. The minimum Gasteiger partial charge on any atom is -0.508 e. The maximum Gasteiger partial charge on any atom is 0.131 e. The van der Waals surface area contributed by atoms with Crippen LogP contribution in [0.5, 0.6) is 5.75 Å². The van der Waals surface area contributed by atoms with Crippen molar-refractivity contribution in [3.63, 3.8) is 0 Å². The molecule has 0 atom stereocenters. The molecule has 1 N–H and O–H groups in total. The monoisotopic (exact) mass is 189 g/mol. The highest BCUT2D eigenvalue weighted by Gasteiger charge is 2.05. The number of aromatic hydroxyl groups is 1. The minimum atomic E-state index is -0.365. The minimum absolute atomic E-state index is 0.0465. The summed E-state index contributed by atoms with van der Waals surface area (Å²) in [4.78, 5) is 3.88. The Morgan fingerprint density at radius 3 is 2.79 bits per heavy atom. The number of pyridine rings is 1. The summed E-state index contributed by atoms with van der Waals surface area (Å²) < 4.78 is 13.3. The largest absolute Gasteiger partial charge is 0.508 e. The summed E-state index contributed by atoms with van der Waals surface area (Å²) in [6.45, 7) is 0. The molecule has 0 saturated heterocycles. The van der Waals surface area contributed by atoms with Crippen LogP contribution < -0.4 is 0 Å². The molecule has 2 rings (SSSR count). The lowest BCUT2D eigenvalue weighted by Crippen LogP contribution is -1.84. The zero-order valence-electron chi connectivity index (χ0n) is 7.31. The number of benzene rings is 1. The maximum atomic E-state index is 13.3. The molecule has 2 nitrogen and oxygen atoms in total. The van der Waals surface area contributed by atoms with E-state index < -0.39 is 0 Å². The lowest BCUT2D eigenvalue weighted by molar-refractivity contribution is 0.473. The number of hydrogen-bond donors (Lipinski definition) is 1. The molecule has 1 aromatic heterocycles. The molecule has 0 amide bonds. The highest BCUT2D eigenvalue weighted by atomic mass is 19.1. The number of nitrogens with zero attached hydrogens (tertiary/aromatic N) is 1. The van der Waals surface area contributed by atoms with E-state index in [-0.39, 0.29) is 11.6 Å². The van der Waals surface area contributed by atoms with Crippen LogP contribution in [0.2, 0.25) is 0 Å². The van der Waals surface area contributed by atoms with Crippen molar-refractivity contribution >= 4 is 0 Å². The van der Waals surface area contributed by atoms with E-state index in [2.05, 4.69) is 4.98 Å². The van der Waals surface area contributed by atoms with Crippen molar-refractivity contribution < 1.29 is 9.50 Å². The fourth-order valence-corrected chi connectivity index (χ4v) is 1.26. The Morgan fingerprint density at radius 2 is 2.07 bits per heavy atom. The van der Waals surface area contributed by atoms with Crippen LogP contribution in [0.25, 0.3) is 11.1 Å². The van der Waals surface area contributed by atoms with Gasteiger partial charge in [-0.15, -0.1) is 0 Å². The van der Waals surface area contributed by atoms with Gasteiger partial charge in [0.15, 0.2) is 0 Å². The molecule has 0 aliphatic heterocycles. The van der Waals surface area contributed by atoms with Gasteiger partial charge in [0.05, 0.1) is 0 Å². The smallest absolute Gasteiger partial charge is 0.131 e. The van der Waals surface area contributed by atoms with Crippen molar-refractivity contribution in [1.82, 2.24) is 4.98 Å². The predicted molar refractivity (Wildman–Crippen MR) is 51.3 cm³/mol. The molecule has 0 fully saturated rings. The Hall–Kier alpha value is -1.90. The van der Waals surface area contributed by atoms with Gasteiger partial charge in [0.25, 0.3) is 0 Å². The number of hydrogen-bond acceptors (Lipinski definition) is 2. The SMILES string of the molecule is Oc1ccc(F)c(-c2cccnc2)c1. The molecule has 0 radical (unpaired) electrons. The van der Waals surface area contributed by atoms with Gasteiger partial charge >= 0.3 is 0 Å². The molecule has 0 aliphatic carbocycles. The van der Waals surface area contributed by atoms with Gasteiger partial charge in [-0.05, 0) is 24.3 Å². The van der Waals surface area contributed by atoms with E-state index in [1.807, 2.05) is 0 Å². The quantitative estimate of drug-likeness (QED) is 0.747. The molecule has 70 valence electrons. The van der Waals surface area contributed by atoms with Crippen molar-refractivity contribution in [1.29, 1.82) is 0 Å². The molecular weight excluding hydrogens is 181 g/mol. The van der Waals surface area contributed by atoms with E-state index in [1.165, 1.54) is 18.2 Å². The Morgan fingerprint density at radius 1 is 1.21 bits per heavy atom. The number of halogens is 1. The van der Waals surface area contributed by atoms with Crippen molar-refractivity contribution in [3.8, 4) is 16.9 Å². The third-order valence-electron chi connectivity index (χ3n) is 1.92. The second-order valence-electron chi connectivity index (χ2n) is 2.91. The molecule has 14 heavy (non-hydrogen) atoms. The summed E-state index contributed by atoms with van der Waals surface area (Å²) in [5, 5.41) is 9.21. The van der Waals surface area contributed by atoms with Crippen molar-refractivity contribution in [2.75, 3.05) is 0 Å². The molecule has 0 saturated carbocycles. The lowest BCUT2D eigenvalue weighted by atomic mass is 10.1. The summed E-state index contributed by atoms with van der Waals surface area (Å²) in [5.41, 5.74) is 1.01. The van der Waals surface area contributed by atoms with E-state index in [4.69, 9.17) is 0 Å². The zero-order chi connectivity index (χ0) is 9.97. The average Bonchev–Trinajstić information content (AvgIpc) is 2.23. The van der Waals surface area contributed by atoms with E-state index >= 15 is 0 Å². The molecule has 0 spiro atoms. The lowest BCUT2D eigenvalue weighted by Gasteiger charge is -2.02. The highest BCUT2D eigenvalue weighted by molar-refractivity contribution is 5.64. The second-order valence-corrected chi connectivity index (χ2v) is 2.91. The Bertz CT molecular complexity index is 442. The maximum absolute atomic E-state index is 13.3. The van der Waals surface area contributed by atoms with Crippen LogP contribution in [-0.4, -0.2) is 10.1 Å². The number of phenols is 1. The van der Waals surface area contributed by atoms with Gasteiger partial charge < -0.3 is 5.11 Å². The van der Waals surface area contributed by atoms with Crippen LogP contribution in [0.3, 0.4) is 0 Å². The van der Waals surface area contributed by atoms with Gasteiger partial charge in [0, 0.05) is 23.5 Å². The molecule has 3 heteroatoms. The molecule has 1 heterocycles. The van der Waals surface area contributed by atoms with Gasteiger partial charge in [-0.3, -0.25) is 4.98 Å². The van der Waals surface area contributed by atoms with Crippen molar-refractivity contribution in [2.45, 2.75) is 0 Å². The molecule has 1 aromatic carbocycles. The normalized spacial score (nSPS) is 10.1. The first-order valence-corrected chi connectivity index (χ1v) is 4.16. The summed E-state index contributed by atoms with van der Waals surface area (Å²) in [7, 11) is 0. The fourth-order valence-electron chi connectivity index (χ4n) is 1.26. The van der Waals surface area contributed by atoms with Crippen LogP contribution in [0.4, 0.5) is 4.39 Å². The van der Waals surface area contributed by atoms with Crippen molar-refractivity contribution in [3.05, 3.63) is 48.5 Å². The fraction of sp³-hybridized carbons (Fsp3) is 0. The average molecular weight is 189 g/mol. The molecule has 2 aromatic rings.